The predicted octanol–water partition coefficient (Wildman–Crippen LogP) is 5.44. The zero-order valence-electron chi connectivity index (χ0n) is 10.4. The normalized spacial score (nSPS) is 10.4. The van der Waals surface area contributed by atoms with Crippen LogP contribution in [0.1, 0.15) is 16.7 Å². The third-order valence-electron chi connectivity index (χ3n) is 2.85. The van der Waals surface area contributed by atoms with E-state index in [0.717, 1.165) is 16.9 Å². The zero-order valence-corrected chi connectivity index (χ0v) is 11.9. The van der Waals surface area contributed by atoms with Gasteiger partial charge < -0.3 is 5.32 Å². The monoisotopic (exact) mass is 279 g/mol. The van der Waals surface area contributed by atoms with Crippen molar-refractivity contribution in [2.45, 2.75) is 19.7 Å². The lowest BCUT2D eigenvalue weighted by atomic mass is 10.1. The summed E-state index contributed by atoms with van der Waals surface area (Å²) in [4.78, 5) is 0. The Morgan fingerprint density at radius 3 is 2.50 bits per heavy atom. The summed E-state index contributed by atoms with van der Waals surface area (Å²) in [5.41, 5.74) is 5.52. The van der Waals surface area contributed by atoms with E-state index in [2.05, 4.69) is 37.4 Å². The molecule has 2 rings (SSSR count). The first-order valence-electron chi connectivity index (χ1n) is 5.79. The van der Waals surface area contributed by atoms with Crippen LogP contribution in [0.15, 0.2) is 36.4 Å². The summed E-state index contributed by atoms with van der Waals surface area (Å²) in [5.74, 6) is 0.418. The lowest BCUT2D eigenvalue weighted by molar-refractivity contribution is 1.35. The lowest BCUT2D eigenvalue weighted by Crippen LogP contribution is -1.94. The minimum Gasteiger partial charge on any atom is -0.355 e. The first-order valence-corrected chi connectivity index (χ1v) is 6.70. The highest BCUT2D eigenvalue weighted by Gasteiger charge is 2.03. The summed E-state index contributed by atoms with van der Waals surface area (Å²) in [6.07, 6.45) is 0. The highest BCUT2D eigenvalue weighted by Crippen LogP contribution is 2.26. The highest BCUT2D eigenvalue weighted by atomic mass is 35.5. The molecule has 18 heavy (non-hydrogen) atoms. The quantitative estimate of drug-likeness (QED) is 0.738. The predicted molar refractivity (Wildman–Crippen MR) is 80.2 cm³/mol. The van der Waals surface area contributed by atoms with Crippen LogP contribution < -0.4 is 5.32 Å². The van der Waals surface area contributed by atoms with E-state index in [1.54, 1.807) is 0 Å². The summed E-state index contributed by atoms with van der Waals surface area (Å²) in [6, 6.07) is 12.1. The Balaban J connectivity index is 2.28. The van der Waals surface area contributed by atoms with Crippen molar-refractivity contribution in [2.75, 3.05) is 5.32 Å². The molecule has 94 valence electrons. The van der Waals surface area contributed by atoms with Gasteiger partial charge in [-0.15, -0.1) is 11.6 Å². The smallest absolute Gasteiger partial charge is 0.0489 e. The number of hydrogen-bond donors (Lipinski definition) is 1. The second kappa shape index (κ2) is 5.64. The van der Waals surface area contributed by atoms with E-state index in [1.165, 1.54) is 11.1 Å². The van der Waals surface area contributed by atoms with Crippen LogP contribution in [0.5, 0.6) is 0 Å². The molecule has 0 aliphatic rings. The van der Waals surface area contributed by atoms with Crippen LogP contribution in [-0.4, -0.2) is 0 Å². The van der Waals surface area contributed by atoms with Gasteiger partial charge in [0.05, 0.1) is 0 Å². The van der Waals surface area contributed by atoms with Gasteiger partial charge in [0, 0.05) is 22.3 Å². The number of hydrogen-bond acceptors (Lipinski definition) is 1. The minimum absolute atomic E-state index is 0.418. The lowest BCUT2D eigenvalue weighted by Gasteiger charge is -2.11. The number of halogens is 2. The molecule has 0 atom stereocenters. The van der Waals surface area contributed by atoms with Crippen LogP contribution in [0.25, 0.3) is 0 Å². The molecule has 0 aromatic heterocycles. The van der Waals surface area contributed by atoms with Crippen LogP contribution in [0, 0.1) is 13.8 Å². The number of aryl methyl sites for hydroxylation is 2. The molecule has 2 aromatic rings. The zero-order chi connectivity index (χ0) is 13.1. The van der Waals surface area contributed by atoms with E-state index >= 15 is 0 Å². The molecule has 0 heterocycles. The Hall–Kier alpha value is -1.18. The van der Waals surface area contributed by atoms with Crippen molar-refractivity contribution in [1.82, 2.24) is 0 Å². The van der Waals surface area contributed by atoms with Gasteiger partial charge in [-0.3, -0.25) is 0 Å². The van der Waals surface area contributed by atoms with Gasteiger partial charge in [0.2, 0.25) is 0 Å². The maximum atomic E-state index is 6.04. The SMILES string of the molecule is Cc1ccc(Nc2ccc(Cl)c(CCl)c2)c(C)c1. The fourth-order valence-corrected chi connectivity index (χ4v) is 2.34. The van der Waals surface area contributed by atoms with Crippen molar-refractivity contribution >= 4 is 34.6 Å². The molecule has 0 aliphatic heterocycles. The Morgan fingerprint density at radius 1 is 1.06 bits per heavy atom. The van der Waals surface area contributed by atoms with Gasteiger partial charge in [0.25, 0.3) is 0 Å². The molecule has 0 unspecified atom stereocenters. The summed E-state index contributed by atoms with van der Waals surface area (Å²) >= 11 is 11.9. The standard InChI is InChI=1S/C15H15Cl2N/c1-10-3-6-15(11(2)7-10)18-13-4-5-14(17)12(8-13)9-16/h3-8,18H,9H2,1-2H3. The molecule has 1 nitrogen and oxygen atoms in total. The van der Waals surface area contributed by atoms with Crippen molar-refractivity contribution in [3.8, 4) is 0 Å². The molecular weight excluding hydrogens is 265 g/mol. The minimum atomic E-state index is 0.418. The Kier molecular flexibility index (Phi) is 4.15. The third-order valence-corrected chi connectivity index (χ3v) is 3.51. The van der Waals surface area contributed by atoms with Gasteiger partial charge in [-0.05, 0) is 49.2 Å². The summed E-state index contributed by atoms with van der Waals surface area (Å²) in [5, 5.41) is 4.09. The molecule has 0 saturated heterocycles. The number of rotatable bonds is 3. The van der Waals surface area contributed by atoms with E-state index in [9.17, 15) is 0 Å². The molecule has 3 heteroatoms. The Morgan fingerprint density at radius 2 is 1.83 bits per heavy atom. The third kappa shape index (κ3) is 2.98. The average molecular weight is 280 g/mol. The molecular formula is C15H15Cl2N. The fraction of sp³-hybridized carbons (Fsp3) is 0.200. The van der Waals surface area contributed by atoms with Gasteiger partial charge in [0.1, 0.15) is 0 Å². The Labute approximate surface area is 118 Å². The van der Waals surface area contributed by atoms with Gasteiger partial charge in [-0.1, -0.05) is 29.3 Å². The molecule has 2 aromatic carbocycles. The number of benzene rings is 2. The molecule has 0 spiro atoms. The molecule has 0 bridgehead atoms. The Bertz CT molecular complexity index is 564. The second-order valence-electron chi connectivity index (χ2n) is 4.38. The fourth-order valence-electron chi connectivity index (χ4n) is 1.86. The first kappa shape index (κ1) is 13.3. The van der Waals surface area contributed by atoms with Crippen LogP contribution in [-0.2, 0) is 5.88 Å². The number of nitrogens with one attached hydrogen (secondary N) is 1. The van der Waals surface area contributed by atoms with Crippen LogP contribution in [0.2, 0.25) is 5.02 Å². The van der Waals surface area contributed by atoms with Gasteiger partial charge in [-0.2, -0.15) is 0 Å². The van der Waals surface area contributed by atoms with Crippen molar-refractivity contribution in [1.29, 1.82) is 0 Å². The number of anilines is 2. The van der Waals surface area contributed by atoms with E-state index in [0.29, 0.717) is 10.9 Å². The maximum Gasteiger partial charge on any atom is 0.0489 e. The molecule has 0 amide bonds. The molecule has 0 saturated carbocycles. The van der Waals surface area contributed by atoms with E-state index in [4.69, 9.17) is 23.2 Å². The van der Waals surface area contributed by atoms with Gasteiger partial charge in [-0.25, -0.2) is 0 Å². The van der Waals surface area contributed by atoms with E-state index < -0.39 is 0 Å². The highest BCUT2D eigenvalue weighted by molar-refractivity contribution is 6.32. The van der Waals surface area contributed by atoms with Crippen LogP contribution in [0.4, 0.5) is 11.4 Å². The first-order chi connectivity index (χ1) is 8.60. The largest absolute Gasteiger partial charge is 0.355 e. The van der Waals surface area contributed by atoms with E-state index in [1.807, 2.05) is 18.2 Å². The average Bonchev–Trinajstić information content (AvgIpc) is 2.35. The van der Waals surface area contributed by atoms with Gasteiger partial charge in [0.15, 0.2) is 0 Å². The molecule has 0 aliphatic carbocycles. The van der Waals surface area contributed by atoms with Crippen molar-refractivity contribution in [3.05, 3.63) is 58.1 Å². The van der Waals surface area contributed by atoms with E-state index in [-0.39, 0.29) is 0 Å². The van der Waals surface area contributed by atoms with Crippen molar-refractivity contribution in [3.63, 3.8) is 0 Å². The summed E-state index contributed by atoms with van der Waals surface area (Å²) < 4.78 is 0. The molecule has 1 N–H and O–H groups in total. The van der Waals surface area contributed by atoms with Gasteiger partial charge >= 0.3 is 0 Å². The van der Waals surface area contributed by atoms with Crippen LogP contribution in [0.3, 0.4) is 0 Å². The number of alkyl halides is 1. The summed E-state index contributed by atoms with van der Waals surface area (Å²) in [7, 11) is 0. The van der Waals surface area contributed by atoms with Crippen molar-refractivity contribution in [2.24, 2.45) is 0 Å². The van der Waals surface area contributed by atoms with Crippen LogP contribution >= 0.6 is 23.2 Å². The topological polar surface area (TPSA) is 12.0 Å². The second-order valence-corrected chi connectivity index (χ2v) is 5.06. The van der Waals surface area contributed by atoms with Crippen molar-refractivity contribution < 1.29 is 0 Å². The molecule has 0 radical (unpaired) electrons. The maximum absolute atomic E-state index is 6.04. The molecule has 0 fully saturated rings. The summed E-state index contributed by atoms with van der Waals surface area (Å²) in [6.45, 7) is 4.18.